The second kappa shape index (κ2) is 12.3. The molecule has 3 heterocycles. The minimum absolute atomic E-state index is 0.0997. The molecule has 4 aromatic rings. The maximum atomic E-state index is 14.2. The van der Waals surface area contributed by atoms with Crippen LogP contribution in [-0.4, -0.2) is 58.4 Å². The van der Waals surface area contributed by atoms with Crippen LogP contribution in [0.1, 0.15) is 39.7 Å². The summed E-state index contributed by atoms with van der Waals surface area (Å²) in [5.41, 5.74) is 2.22. The van der Waals surface area contributed by atoms with E-state index < -0.39 is 23.6 Å². The molecule has 8 nitrogen and oxygen atoms in total. The molecule has 1 amide bonds. The number of carbonyl (C=O) groups excluding carboxylic acids is 2. The van der Waals surface area contributed by atoms with Crippen molar-refractivity contribution in [1.29, 1.82) is 0 Å². The number of likely N-dealkylation sites (tertiary alicyclic amines) is 1. The van der Waals surface area contributed by atoms with Crippen molar-refractivity contribution in [3.63, 3.8) is 0 Å². The smallest absolute Gasteiger partial charge is 0.246 e. The number of anilines is 1. The third-order valence-electron chi connectivity index (χ3n) is 7.63. The fraction of sp³-hybridized carbons (Fsp3) is 0.375. The number of halogens is 2. The van der Waals surface area contributed by atoms with Crippen LogP contribution in [0.3, 0.4) is 0 Å². The number of ether oxygens (including phenoxy) is 2. The van der Waals surface area contributed by atoms with Gasteiger partial charge in [-0.05, 0) is 55.2 Å². The lowest BCUT2D eigenvalue weighted by molar-refractivity contribution is -0.139. The zero-order chi connectivity index (χ0) is 31.1. The Morgan fingerprint density at radius 3 is 2.58 bits per heavy atom. The number of thiazole rings is 1. The topological polar surface area (TPSA) is 93.7 Å². The van der Waals surface area contributed by atoms with E-state index in [1.165, 1.54) is 18.3 Å². The van der Waals surface area contributed by atoms with E-state index in [4.69, 9.17) is 37.7 Å². The first-order valence-electron chi connectivity index (χ1n) is 13.9. The van der Waals surface area contributed by atoms with E-state index >= 15 is 0 Å². The van der Waals surface area contributed by atoms with Crippen molar-refractivity contribution in [1.82, 2.24) is 14.9 Å². The summed E-state index contributed by atoms with van der Waals surface area (Å²) in [7, 11) is 1.58. The summed E-state index contributed by atoms with van der Waals surface area (Å²) in [6, 6.07) is 9.91. The molecule has 0 radical (unpaired) electrons. The van der Waals surface area contributed by atoms with Crippen molar-refractivity contribution in [3.8, 4) is 22.9 Å². The van der Waals surface area contributed by atoms with Crippen LogP contribution in [0.5, 0.6) is 11.6 Å². The lowest BCUT2D eigenvalue weighted by Gasteiger charge is -2.35. The molecule has 11 heteroatoms. The van der Waals surface area contributed by atoms with Gasteiger partial charge < -0.3 is 19.7 Å². The van der Waals surface area contributed by atoms with Crippen LogP contribution in [0.15, 0.2) is 48.0 Å². The van der Waals surface area contributed by atoms with Crippen LogP contribution < -0.4 is 14.8 Å². The van der Waals surface area contributed by atoms with Gasteiger partial charge in [0.1, 0.15) is 17.9 Å². The summed E-state index contributed by atoms with van der Waals surface area (Å²) in [5, 5.41) is 8.68. The van der Waals surface area contributed by atoms with Crippen LogP contribution in [-0.2, 0) is 9.59 Å². The van der Waals surface area contributed by atoms with E-state index in [-0.39, 0.29) is 18.2 Å². The van der Waals surface area contributed by atoms with Gasteiger partial charge in [-0.3, -0.25) is 9.59 Å². The number of hydrogen-bond acceptors (Lipinski definition) is 8. The number of benzene rings is 2. The van der Waals surface area contributed by atoms with Crippen LogP contribution in [0, 0.1) is 12.3 Å². The summed E-state index contributed by atoms with van der Waals surface area (Å²) < 4.78 is 11.8. The van der Waals surface area contributed by atoms with E-state index in [0.29, 0.717) is 38.6 Å². The van der Waals surface area contributed by atoms with Crippen molar-refractivity contribution in [2.24, 2.45) is 5.41 Å². The van der Waals surface area contributed by atoms with Gasteiger partial charge in [0.15, 0.2) is 10.9 Å². The second-order valence-corrected chi connectivity index (χ2v) is 13.6. The van der Waals surface area contributed by atoms with Gasteiger partial charge in [0.25, 0.3) is 0 Å². The number of fused-ring (bicyclic) bond motifs is 1. The molecule has 0 bridgehead atoms. The highest BCUT2D eigenvalue weighted by Gasteiger charge is 2.44. The Morgan fingerprint density at radius 2 is 1.91 bits per heavy atom. The molecular formula is C32H34Cl2N4O4S. The molecule has 0 aliphatic carbocycles. The number of nitrogens with zero attached hydrogens (tertiary/aromatic N) is 3. The molecule has 2 aromatic heterocycles. The SMILES string of the molecule is COc1cnc(OC2C[C@@H](C(C)=O)N(C(=O)[C@@H](Nc3nc(-c4ccc(Cl)c(C)c4)cs3)C(C)(C)C)C2)c2cc(Cl)ccc12. The highest BCUT2D eigenvalue weighted by Crippen LogP contribution is 2.36. The van der Waals surface area contributed by atoms with Crippen molar-refractivity contribution in [2.75, 3.05) is 19.0 Å². The van der Waals surface area contributed by atoms with Crippen molar-refractivity contribution in [3.05, 3.63) is 63.6 Å². The number of aromatic nitrogens is 2. The Bertz CT molecular complexity index is 1690. The van der Waals surface area contributed by atoms with Crippen LogP contribution in [0.2, 0.25) is 10.0 Å². The molecule has 43 heavy (non-hydrogen) atoms. The molecule has 1 aliphatic heterocycles. The van der Waals surface area contributed by atoms with Crippen molar-refractivity contribution in [2.45, 2.75) is 59.2 Å². The van der Waals surface area contributed by atoms with E-state index in [0.717, 1.165) is 22.2 Å². The predicted molar refractivity (Wildman–Crippen MR) is 173 cm³/mol. The molecule has 1 saturated heterocycles. The highest BCUT2D eigenvalue weighted by molar-refractivity contribution is 7.14. The Kier molecular flexibility index (Phi) is 8.88. The summed E-state index contributed by atoms with van der Waals surface area (Å²) >= 11 is 13.9. The number of Topliss-reactive ketones (excluding diaryl/α,β-unsaturated/α-hetero) is 1. The Balaban J connectivity index is 1.38. The first-order chi connectivity index (χ1) is 20.3. The molecule has 1 fully saturated rings. The van der Waals surface area contributed by atoms with Gasteiger partial charge in [0.2, 0.25) is 11.8 Å². The highest BCUT2D eigenvalue weighted by atomic mass is 35.5. The first-order valence-corrected chi connectivity index (χ1v) is 15.6. The van der Waals surface area contributed by atoms with E-state index in [2.05, 4.69) is 10.3 Å². The normalized spacial score (nSPS) is 17.6. The number of pyridine rings is 1. The third-order valence-corrected chi connectivity index (χ3v) is 9.06. The monoisotopic (exact) mass is 640 g/mol. The van der Waals surface area contributed by atoms with Crippen LogP contribution in [0.25, 0.3) is 22.0 Å². The quantitative estimate of drug-likeness (QED) is 0.214. The number of nitrogens with one attached hydrogen (secondary N) is 1. The minimum Gasteiger partial charge on any atom is -0.494 e. The Morgan fingerprint density at radius 1 is 1.14 bits per heavy atom. The van der Waals surface area contributed by atoms with Gasteiger partial charge >= 0.3 is 0 Å². The molecular weight excluding hydrogens is 607 g/mol. The number of rotatable bonds is 8. The molecule has 3 atom stereocenters. The summed E-state index contributed by atoms with van der Waals surface area (Å²) in [5.74, 6) is 0.684. The first kappa shape index (κ1) is 31.0. The fourth-order valence-electron chi connectivity index (χ4n) is 5.31. The van der Waals surface area contributed by atoms with Gasteiger partial charge in [0, 0.05) is 38.2 Å². The largest absolute Gasteiger partial charge is 0.494 e. The number of methoxy groups -OCH3 is 1. The molecule has 1 N–H and O–H groups in total. The average Bonchev–Trinajstić information content (AvgIpc) is 3.60. The van der Waals surface area contributed by atoms with Crippen molar-refractivity contribution < 1.29 is 19.1 Å². The third kappa shape index (κ3) is 6.59. The minimum atomic E-state index is -0.641. The lowest BCUT2D eigenvalue weighted by atomic mass is 9.85. The Hall–Kier alpha value is -3.40. The summed E-state index contributed by atoms with van der Waals surface area (Å²) in [4.78, 5) is 37.8. The number of amides is 1. The molecule has 5 rings (SSSR count). The zero-order valence-electron chi connectivity index (χ0n) is 24.9. The number of aryl methyl sites for hydroxylation is 1. The second-order valence-electron chi connectivity index (χ2n) is 11.9. The molecule has 0 spiro atoms. The standard InChI is InChI=1S/C32H34Cl2N4O4S/c1-17-11-19(7-10-24(17)34)25-16-43-31(36-25)37-28(32(3,4)5)30(40)38-15-21(13-26(38)18(2)39)42-29-23-12-20(33)8-9-22(23)27(41-6)14-35-29/h7-12,14,16,21,26,28H,13,15H2,1-6H3,(H,36,37)/t21?,26-,28+/m0/s1. The fourth-order valence-corrected chi connectivity index (χ4v) is 6.34. The molecule has 2 aromatic carbocycles. The average molecular weight is 642 g/mol. The number of carbonyl (C=O) groups is 2. The Labute approximate surface area is 265 Å². The maximum Gasteiger partial charge on any atom is 0.246 e. The molecule has 0 saturated carbocycles. The van der Waals surface area contributed by atoms with Crippen molar-refractivity contribution >= 4 is 62.1 Å². The number of hydrogen-bond donors (Lipinski definition) is 1. The summed E-state index contributed by atoms with van der Waals surface area (Å²) in [6.07, 6.45) is 1.51. The molecule has 1 unspecified atom stereocenters. The summed E-state index contributed by atoms with van der Waals surface area (Å²) in [6.45, 7) is 9.67. The van der Waals surface area contributed by atoms with Gasteiger partial charge in [0.05, 0.1) is 31.6 Å². The van der Waals surface area contributed by atoms with Gasteiger partial charge in [-0.1, -0.05) is 50.0 Å². The molecule has 1 aliphatic rings. The van der Waals surface area contributed by atoms with E-state index in [1.54, 1.807) is 30.3 Å². The lowest BCUT2D eigenvalue weighted by Crippen LogP contribution is -2.52. The van der Waals surface area contributed by atoms with Crippen LogP contribution in [0.4, 0.5) is 5.13 Å². The van der Waals surface area contributed by atoms with E-state index in [1.807, 2.05) is 57.3 Å². The zero-order valence-corrected chi connectivity index (χ0v) is 27.2. The molecule has 226 valence electrons. The van der Waals surface area contributed by atoms with Gasteiger partial charge in [-0.25, -0.2) is 9.97 Å². The van der Waals surface area contributed by atoms with Crippen LogP contribution >= 0.6 is 34.5 Å². The van der Waals surface area contributed by atoms with Gasteiger partial charge in [-0.15, -0.1) is 11.3 Å². The maximum absolute atomic E-state index is 14.2. The van der Waals surface area contributed by atoms with E-state index in [9.17, 15) is 9.59 Å². The van der Waals surface area contributed by atoms with Gasteiger partial charge in [-0.2, -0.15) is 0 Å². The number of ketones is 1. The predicted octanol–water partition coefficient (Wildman–Crippen LogP) is 7.45.